The molecule has 0 aromatic rings. The van der Waals surface area contributed by atoms with Crippen molar-refractivity contribution in [3.63, 3.8) is 0 Å². The molecule has 0 radical (unpaired) electrons. The molecule has 0 aliphatic carbocycles. The van der Waals surface area contributed by atoms with Crippen LogP contribution in [0.5, 0.6) is 0 Å². The smallest absolute Gasteiger partial charge is 0.0763 e. The van der Waals surface area contributed by atoms with Crippen molar-refractivity contribution >= 4 is 0 Å². The molecule has 0 aliphatic heterocycles. The van der Waals surface area contributed by atoms with E-state index in [9.17, 15) is 0 Å². The zero-order valence-corrected chi connectivity index (χ0v) is 6.70. The van der Waals surface area contributed by atoms with Crippen molar-refractivity contribution in [1.29, 1.82) is 0 Å². The van der Waals surface area contributed by atoms with Gasteiger partial charge in [-0.25, -0.2) is 0 Å². The molecular formula is C7H20N+. The van der Waals surface area contributed by atoms with Crippen molar-refractivity contribution in [2.24, 2.45) is 5.92 Å². The van der Waals surface area contributed by atoms with Crippen molar-refractivity contribution in [3.05, 3.63) is 0 Å². The van der Waals surface area contributed by atoms with Gasteiger partial charge in [-0.2, -0.15) is 0 Å². The second-order valence-corrected chi connectivity index (χ2v) is 2.39. The van der Waals surface area contributed by atoms with E-state index in [1.165, 1.54) is 6.42 Å². The first-order valence-electron chi connectivity index (χ1n) is 3.48. The van der Waals surface area contributed by atoms with Gasteiger partial charge in [0.2, 0.25) is 0 Å². The first kappa shape index (κ1) is 10.9. The van der Waals surface area contributed by atoms with Crippen LogP contribution < -0.4 is 5.73 Å². The average molecular weight is 118 g/mol. The highest BCUT2D eigenvalue weighted by atomic mass is 14.5. The summed E-state index contributed by atoms with van der Waals surface area (Å²) < 4.78 is 0. The zero-order chi connectivity index (χ0) is 6.99. The predicted molar refractivity (Wildman–Crippen MR) is 38.6 cm³/mol. The van der Waals surface area contributed by atoms with Gasteiger partial charge in [0.15, 0.2) is 0 Å². The summed E-state index contributed by atoms with van der Waals surface area (Å²) in [6.45, 7) is 9.62. The fraction of sp³-hybridized carbons (Fsp3) is 1.00. The third-order valence-corrected chi connectivity index (χ3v) is 0.577. The van der Waals surface area contributed by atoms with E-state index in [0.29, 0.717) is 0 Å². The van der Waals surface area contributed by atoms with Crippen LogP contribution in [0.3, 0.4) is 0 Å². The van der Waals surface area contributed by atoms with E-state index < -0.39 is 0 Å². The number of quaternary nitrogens is 1. The lowest BCUT2D eigenvalue weighted by molar-refractivity contribution is -0.376. The van der Waals surface area contributed by atoms with Crippen LogP contribution in [0.4, 0.5) is 0 Å². The van der Waals surface area contributed by atoms with Gasteiger partial charge in [0.05, 0.1) is 6.54 Å². The maximum Gasteiger partial charge on any atom is 0.0763 e. The molecule has 0 amide bonds. The van der Waals surface area contributed by atoms with Gasteiger partial charge in [0, 0.05) is 5.92 Å². The zero-order valence-electron chi connectivity index (χ0n) is 6.70. The summed E-state index contributed by atoms with van der Waals surface area (Å²) in [5, 5.41) is 0. The minimum Gasteiger partial charge on any atom is -0.357 e. The van der Waals surface area contributed by atoms with Gasteiger partial charge >= 0.3 is 0 Å². The SMILES string of the molecule is CC(C)C[NH3+].CCC. The van der Waals surface area contributed by atoms with Crippen LogP contribution in [-0.4, -0.2) is 6.54 Å². The van der Waals surface area contributed by atoms with E-state index in [4.69, 9.17) is 0 Å². The minimum atomic E-state index is 0.773. The highest BCUT2D eigenvalue weighted by Crippen LogP contribution is 1.79. The van der Waals surface area contributed by atoms with Gasteiger partial charge in [-0.3, -0.25) is 0 Å². The molecule has 0 aromatic carbocycles. The molecule has 1 heteroatoms. The summed E-state index contributed by atoms with van der Waals surface area (Å²) in [6.07, 6.45) is 1.25. The van der Waals surface area contributed by atoms with Crippen LogP contribution >= 0.6 is 0 Å². The molecule has 0 heterocycles. The second-order valence-electron chi connectivity index (χ2n) is 2.39. The lowest BCUT2D eigenvalue weighted by Gasteiger charge is -1.87. The predicted octanol–water partition coefficient (Wildman–Crippen LogP) is 1.30. The highest BCUT2D eigenvalue weighted by Gasteiger charge is 1.83. The van der Waals surface area contributed by atoms with Crippen LogP contribution in [-0.2, 0) is 0 Å². The van der Waals surface area contributed by atoms with Crippen molar-refractivity contribution in [2.45, 2.75) is 34.1 Å². The largest absolute Gasteiger partial charge is 0.357 e. The summed E-state index contributed by atoms with van der Waals surface area (Å²) in [5.41, 5.74) is 3.69. The van der Waals surface area contributed by atoms with Crippen LogP contribution in [0.2, 0.25) is 0 Å². The molecular weight excluding hydrogens is 98.1 g/mol. The Morgan fingerprint density at radius 1 is 1.25 bits per heavy atom. The lowest BCUT2D eigenvalue weighted by atomic mass is 10.2. The van der Waals surface area contributed by atoms with Crippen molar-refractivity contribution in [1.82, 2.24) is 0 Å². The summed E-state index contributed by atoms with van der Waals surface area (Å²) >= 11 is 0. The number of rotatable bonds is 1. The van der Waals surface area contributed by atoms with E-state index in [1.807, 2.05) is 0 Å². The molecule has 0 spiro atoms. The van der Waals surface area contributed by atoms with E-state index in [-0.39, 0.29) is 0 Å². The monoisotopic (exact) mass is 118 g/mol. The summed E-state index contributed by atoms with van der Waals surface area (Å²) in [7, 11) is 0. The van der Waals surface area contributed by atoms with Gasteiger partial charge in [0.25, 0.3) is 0 Å². The minimum absolute atomic E-state index is 0.773. The summed E-state index contributed by atoms with van der Waals surface area (Å²) in [4.78, 5) is 0. The molecule has 0 rings (SSSR count). The van der Waals surface area contributed by atoms with E-state index in [2.05, 4.69) is 33.4 Å². The molecule has 0 bridgehead atoms. The molecule has 52 valence electrons. The fourth-order valence-corrected chi connectivity index (χ4v) is 0. The Kier molecular flexibility index (Phi) is 13.6. The first-order chi connectivity index (χ1) is 3.68. The van der Waals surface area contributed by atoms with Gasteiger partial charge in [-0.1, -0.05) is 34.1 Å². The van der Waals surface area contributed by atoms with E-state index >= 15 is 0 Å². The third-order valence-electron chi connectivity index (χ3n) is 0.577. The summed E-state index contributed by atoms with van der Waals surface area (Å²) in [5.74, 6) is 0.773. The van der Waals surface area contributed by atoms with Gasteiger partial charge < -0.3 is 5.73 Å². The van der Waals surface area contributed by atoms with Crippen LogP contribution in [0, 0.1) is 5.92 Å². The topological polar surface area (TPSA) is 27.6 Å². The Labute approximate surface area is 53.3 Å². The van der Waals surface area contributed by atoms with E-state index in [0.717, 1.165) is 12.5 Å². The molecule has 0 aliphatic rings. The second kappa shape index (κ2) is 10.0. The fourth-order valence-electron chi connectivity index (χ4n) is 0. The summed E-state index contributed by atoms with van der Waals surface area (Å²) in [6, 6.07) is 0. The molecule has 0 atom stereocenters. The van der Waals surface area contributed by atoms with Crippen molar-refractivity contribution in [2.75, 3.05) is 6.54 Å². The quantitative estimate of drug-likeness (QED) is 0.537. The van der Waals surface area contributed by atoms with Gasteiger partial charge in [0.1, 0.15) is 0 Å². The first-order valence-corrected chi connectivity index (χ1v) is 3.48. The average Bonchev–Trinajstić information content (AvgIpc) is 1.69. The van der Waals surface area contributed by atoms with Crippen molar-refractivity contribution < 1.29 is 5.73 Å². The van der Waals surface area contributed by atoms with Gasteiger partial charge in [-0.05, 0) is 0 Å². The molecule has 0 aromatic heterocycles. The third kappa shape index (κ3) is 38.2. The van der Waals surface area contributed by atoms with Crippen LogP contribution in [0.15, 0.2) is 0 Å². The Balaban J connectivity index is 0. The lowest BCUT2D eigenvalue weighted by Crippen LogP contribution is -2.52. The normalized spacial score (nSPS) is 8.25. The molecule has 0 saturated heterocycles. The highest BCUT2D eigenvalue weighted by molar-refractivity contribution is 4.30. The molecule has 0 saturated carbocycles. The molecule has 3 N–H and O–H groups in total. The Hall–Kier alpha value is -0.0400. The van der Waals surface area contributed by atoms with Crippen LogP contribution in [0.25, 0.3) is 0 Å². The Morgan fingerprint density at radius 2 is 1.38 bits per heavy atom. The maximum atomic E-state index is 3.69. The van der Waals surface area contributed by atoms with Crippen molar-refractivity contribution in [3.8, 4) is 0 Å². The molecule has 1 nitrogen and oxygen atoms in total. The number of hydrogen-bond acceptors (Lipinski definition) is 0. The molecule has 0 unspecified atom stereocenters. The van der Waals surface area contributed by atoms with Crippen LogP contribution in [0.1, 0.15) is 34.1 Å². The number of hydrogen-bond donors (Lipinski definition) is 1. The maximum absolute atomic E-state index is 3.69. The Morgan fingerprint density at radius 3 is 1.38 bits per heavy atom. The van der Waals surface area contributed by atoms with E-state index in [1.54, 1.807) is 0 Å². The van der Waals surface area contributed by atoms with Gasteiger partial charge in [-0.15, -0.1) is 0 Å². The molecule has 0 fully saturated rings. The molecule has 8 heavy (non-hydrogen) atoms. The Bertz CT molecular complexity index is 25.6. The standard InChI is InChI=1S/C4H11N.C3H8/c1-4(2)3-5;1-3-2/h4H,3,5H2,1-2H3;3H2,1-2H3/p+1.